The minimum atomic E-state index is -0.294. The summed E-state index contributed by atoms with van der Waals surface area (Å²) in [5.41, 5.74) is 2.47. The number of aromatic nitrogens is 1. The lowest BCUT2D eigenvalue weighted by Gasteiger charge is -2.21. The summed E-state index contributed by atoms with van der Waals surface area (Å²) >= 11 is 12.1. The highest BCUT2D eigenvalue weighted by molar-refractivity contribution is 14.0. The Labute approximate surface area is 190 Å². The van der Waals surface area contributed by atoms with E-state index in [-0.39, 0.29) is 36.6 Å². The van der Waals surface area contributed by atoms with Gasteiger partial charge in [0.1, 0.15) is 16.7 Å². The van der Waals surface area contributed by atoms with Gasteiger partial charge in [0.2, 0.25) is 0 Å². The molecule has 1 aliphatic rings. The van der Waals surface area contributed by atoms with E-state index in [1.165, 1.54) is 12.1 Å². The van der Waals surface area contributed by atoms with Gasteiger partial charge in [-0.15, -0.1) is 24.0 Å². The van der Waals surface area contributed by atoms with Crippen molar-refractivity contribution < 1.29 is 13.9 Å². The molecule has 1 aromatic heterocycles. The number of nitrogens with zero attached hydrogens (tertiary/aromatic N) is 2. The number of fused-ring (bicyclic) bond motifs is 1. The lowest BCUT2D eigenvalue weighted by molar-refractivity contribution is -0.0172. The number of aliphatic imine (C=N–C) groups is 1. The maximum absolute atomic E-state index is 13.8. The van der Waals surface area contributed by atoms with Crippen LogP contribution in [0.15, 0.2) is 23.2 Å². The minimum Gasteiger partial charge on any atom is -0.467 e. The molecule has 2 heterocycles. The van der Waals surface area contributed by atoms with Crippen LogP contribution in [0.1, 0.15) is 16.8 Å². The first-order chi connectivity index (χ1) is 13.0. The van der Waals surface area contributed by atoms with Gasteiger partial charge in [-0.2, -0.15) is 0 Å². The molecule has 6 nitrogen and oxygen atoms in total. The van der Waals surface area contributed by atoms with Crippen molar-refractivity contribution in [3.63, 3.8) is 0 Å². The van der Waals surface area contributed by atoms with Crippen molar-refractivity contribution in [2.75, 3.05) is 20.4 Å². The minimum absolute atomic E-state index is 0. The summed E-state index contributed by atoms with van der Waals surface area (Å²) in [7, 11) is 3.53. The Kier molecular flexibility index (Phi) is 8.66. The summed E-state index contributed by atoms with van der Waals surface area (Å²) in [6.07, 6.45) is 0.586. The van der Waals surface area contributed by atoms with Crippen LogP contribution in [-0.2, 0) is 31.4 Å². The molecule has 154 valence electrons. The van der Waals surface area contributed by atoms with Gasteiger partial charge in [0, 0.05) is 31.9 Å². The number of guanidine groups is 1. The van der Waals surface area contributed by atoms with Gasteiger partial charge in [0.15, 0.2) is 12.8 Å². The molecule has 1 aromatic carbocycles. The Bertz CT molecular complexity index is 861. The van der Waals surface area contributed by atoms with Gasteiger partial charge in [-0.1, -0.05) is 23.2 Å². The van der Waals surface area contributed by atoms with Crippen LogP contribution in [0.3, 0.4) is 0 Å². The van der Waals surface area contributed by atoms with Crippen molar-refractivity contribution >= 4 is 53.1 Å². The SMILES string of the molecule is CN=C(NCCc1cc(F)cc2c1OCOC2)NCc1cc(Cl)c(Cl)n1C.I. The first-order valence-electron chi connectivity index (χ1n) is 8.45. The van der Waals surface area contributed by atoms with Crippen molar-refractivity contribution in [3.05, 3.63) is 51.0 Å². The zero-order chi connectivity index (χ0) is 19.4. The number of hydrogen-bond acceptors (Lipinski definition) is 3. The second kappa shape index (κ2) is 10.5. The van der Waals surface area contributed by atoms with E-state index < -0.39 is 0 Å². The summed E-state index contributed by atoms with van der Waals surface area (Å²) in [6.45, 7) is 1.62. The fraction of sp³-hybridized carbons (Fsp3) is 0.389. The third-order valence-electron chi connectivity index (χ3n) is 4.31. The van der Waals surface area contributed by atoms with Crippen LogP contribution in [0.5, 0.6) is 5.75 Å². The average Bonchev–Trinajstić information content (AvgIpc) is 2.91. The van der Waals surface area contributed by atoms with Gasteiger partial charge in [-0.3, -0.25) is 4.99 Å². The Morgan fingerprint density at radius 1 is 1.29 bits per heavy atom. The van der Waals surface area contributed by atoms with Crippen LogP contribution in [0.4, 0.5) is 4.39 Å². The van der Waals surface area contributed by atoms with Crippen molar-refractivity contribution in [1.82, 2.24) is 15.2 Å². The maximum atomic E-state index is 13.8. The van der Waals surface area contributed by atoms with E-state index in [1.807, 2.05) is 17.7 Å². The number of halogens is 4. The molecule has 28 heavy (non-hydrogen) atoms. The van der Waals surface area contributed by atoms with Crippen LogP contribution in [-0.4, -0.2) is 30.9 Å². The standard InChI is InChI=1S/C18H21Cl2FN4O2.HI/c1-22-18(24-8-14-7-15(19)17(20)25(14)2)23-4-3-11-5-13(21)6-12-9-26-10-27-16(11)12;/h5-7H,3-4,8-10H2,1-2H3,(H2,22,23,24);1H. The molecule has 0 spiro atoms. The number of hydrogen-bond donors (Lipinski definition) is 2. The molecule has 0 saturated heterocycles. The molecule has 0 bridgehead atoms. The van der Waals surface area contributed by atoms with Crippen molar-refractivity contribution in [2.45, 2.75) is 19.6 Å². The highest BCUT2D eigenvalue weighted by Crippen LogP contribution is 2.29. The fourth-order valence-electron chi connectivity index (χ4n) is 2.91. The molecule has 0 fully saturated rings. The maximum Gasteiger partial charge on any atom is 0.191 e. The van der Waals surface area contributed by atoms with Crippen molar-refractivity contribution in [2.24, 2.45) is 12.0 Å². The lowest BCUT2D eigenvalue weighted by atomic mass is 10.1. The Morgan fingerprint density at radius 2 is 2.07 bits per heavy atom. The Balaban J connectivity index is 0.00000280. The highest BCUT2D eigenvalue weighted by Gasteiger charge is 2.17. The van der Waals surface area contributed by atoms with Gasteiger partial charge in [0.05, 0.1) is 18.2 Å². The largest absolute Gasteiger partial charge is 0.467 e. The molecule has 1 aliphatic heterocycles. The molecule has 0 unspecified atom stereocenters. The van der Waals surface area contributed by atoms with Gasteiger partial charge >= 0.3 is 0 Å². The third kappa shape index (κ3) is 5.43. The van der Waals surface area contributed by atoms with E-state index in [2.05, 4.69) is 15.6 Å². The van der Waals surface area contributed by atoms with Crippen LogP contribution in [0.25, 0.3) is 0 Å². The molecule has 0 radical (unpaired) electrons. The molecular formula is C18H22Cl2FIN4O2. The molecular weight excluding hydrogens is 521 g/mol. The second-order valence-electron chi connectivity index (χ2n) is 6.10. The van der Waals surface area contributed by atoms with Crippen LogP contribution in [0, 0.1) is 5.82 Å². The normalized spacial score (nSPS) is 13.4. The zero-order valence-corrected chi connectivity index (χ0v) is 19.4. The number of rotatable bonds is 5. The topological polar surface area (TPSA) is 59.8 Å². The second-order valence-corrected chi connectivity index (χ2v) is 6.87. The van der Waals surface area contributed by atoms with E-state index in [4.69, 9.17) is 32.7 Å². The van der Waals surface area contributed by atoms with Gasteiger partial charge in [-0.25, -0.2) is 4.39 Å². The summed E-state index contributed by atoms with van der Waals surface area (Å²) in [4.78, 5) is 4.19. The van der Waals surface area contributed by atoms with E-state index >= 15 is 0 Å². The predicted molar refractivity (Wildman–Crippen MR) is 119 cm³/mol. The molecule has 0 atom stereocenters. The average molecular weight is 543 g/mol. The number of nitrogens with one attached hydrogen (secondary N) is 2. The van der Waals surface area contributed by atoms with Gasteiger partial charge in [0.25, 0.3) is 0 Å². The third-order valence-corrected chi connectivity index (χ3v) is 5.16. The molecule has 2 N–H and O–H groups in total. The predicted octanol–water partition coefficient (Wildman–Crippen LogP) is 3.86. The van der Waals surface area contributed by atoms with E-state index in [1.54, 1.807) is 7.05 Å². The Morgan fingerprint density at radius 3 is 2.75 bits per heavy atom. The molecule has 3 rings (SSSR count). The van der Waals surface area contributed by atoms with E-state index in [0.717, 1.165) is 16.8 Å². The van der Waals surface area contributed by atoms with Crippen molar-refractivity contribution in [1.29, 1.82) is 0 Å². The smallest absolute Gasteiger partial charge is 0.191 e. The highest BCUT2D eigenvalue weighted by atomic mass is 127. The quantitative estimate of drug-likeness (QED) is 0.342. The fourth-order valence-corrected chi connectivity index (χ4v) is 3.33. The van der Waals surface area contributed by atoms with Crippen LogP contribution in [0.2, 0.25) is 10.2 Å². The lowest BCUT2D eigenvalue weighted by Crippen LogP contribution is -2.38. The van der Waals surface area contributed by atoms with Crippen molar-refractivity contribution in [3.8, 4) is 5.75 Å². The first kappa shape index (κ1) is 23.1. The van der Waals surface area contributed by atoms with Crippen LogP contribution >= 0.6 is 47.2 Å². The summed E-state index contributed by atoms with van der Waals surface area (Å²) in [5, 5.41) is 7.42. The molecule has 0 saturated carbocycles. The first-order valence-corrected chi connectivity index (χ1v) is 9.21. The number of ether oxygens (including phenoxy) is 2. The molecule has 2 aromatic rings. The molecule has 10 heteroatoms. The van der Waals surface area contributed by atoms with Gasteiger partial charge < -0.3 is 24.7 Å². The summed E-state index contributed by atoms with van der Waals surface area (Å²) in [5.74, 6) is 1.04. The summed E-state index contributed by atoms with van der Waals surface area (Å²) in [6, 6.07) is 4.75. The van der Waals surface area contributed by atoms with Crippen LogP contribution < -0.4 is 15.4 Å². The number of benzene rings is 1. The summed E-state index contributed by atoms with van der Waals surface area (Å²) < 4.78 is 26.3. The van der Waals surface area contributed by atoms with E-state index in [0.29, 0.717) is 48.0 Å². The molecule has 0 aliphatic carbocycles. The Hall–Kier alpha value is -1.23. The van der Waals surface area contributed by atoms with E-state index in [9.17, 15) is 4.39 Å². The monoisotopic (exact) mass is 542 g/mol. The molecule has 0 amide bonds. The zero-order valence-electron chi connectivity index (χ0n) is 15.5. The van der Waals surface area contributed by atoms with Gasteiger partial charge in [-0.05, 0) is 30.2 Å².